The van der Waals surface area contributed by atoms with Crippen LogP contribution in [-0.4, -0.2) is 16.6 Å². The quantitative estimate of drug-likeness (QED) is 0.890. The van der Waals surface area contributed by atoms with Crippen molar-refractivity contribution in [3.8, 4) is 0 Å². The molecule has 0 aliphatic heterocycles. The van der Waals surface area contributed by atoms with E-state index in [4.69, 9.17) is 11.6 Å². The Balaban J connectivity index is 2.65. The molecule has 0 fully saturated rings. The minimum atomic E-state index is 0.398. The van der Waals surface area contributed by atoms with Crippen LogP contribution in [0.2, 0.25) is 5.02 Å². The number of nitrogens with one attached hydrogen (secondary N) is 1. The van der Waals surface area contributed by atoms with Gasteiger partial charge >= 0.3 is 0 Å². The molecule has 2 rings (SSSR count). The predicted octanol–water partition coefficient (Wildman–Crippen LogP) is 2.99. The summed E-state index contributed by atoms with van der Waals surface area (Å²) in [7, 11) is 1.93. The second-order valence-electron chi connectivity index (χ2n) is 4.16. The number of hydrogen-bond acceptors (Lipinski definition) is 2. The van der Waals surface area contributed by atoms with Gasteiger partial charge in [0.05, 0.1) is 17.6 Å². The van der Waals surface area contributed by atoms with E-state index in [-0.39, 0.29) is 0 Å². The summed E-state index contributed by atoms with van der Waals surface area (Å²) in [5.41, 5.74) is 2.11. The molecular weight excluding hydrogens is 222 g/mol. The van der Waals surface area contributed by atoms with E-state index in [2.05, 4.69) is 28.7 Å². The molecule has 0 saturated heterocycles. The molecule has 4 heteroatoms. The Hall–Kier alpha value is -1.06. The first-order chi connectivity index (χ1) is 7.63. The zero-order valence-electron chi connectivity index (χ0n) is 9.79. The van der Waals surface area contributed by atoms with Gasteiger partial charge in [0.15, 0.2) is 0 Å². The van der Waals surface area contributed by atoms with E-state index < -0.39 is 0 Å². The first-order valence-electron chi connectivity index (χ1n) is 5.44. The Labute approximate surface area is 100 Å². The van der Waals surface area contributed by atoms with E-state index in [1.165, 1.54) is 0 Å². The Morgan fingerprint density at radius 2 is 2.19 bits per heavy atom. The predicted molar refractivity (Wildman–Crippen MR) is 67.9 cm³/mol. The third kappa shape index (κ3) is 1.93. The van der Waals surface area contributed by atoms with Crippen molar-refractivity contribution in [3.63, 3.8) is 0 Å². The van der Waals surface area contributed by atoms with Crippen molar-refractivity contribution < 1.29 is 0 Å². The zero-order chi connectivity index (χ0) is 11.7. The minimum absolute atomic E-state index is 0.398. The number of nitrogens with zero attached hydrogens (tertiary/aromatic N) is 2. The second-order valence-corrected chi connectivity index (χ2v) is 4.59. The van der Waals surface area contributed by atoms with Gasteiger partial charge < -0.3 is 9.88 Å². The highest BCUT2D eigenvalue weighted by molar-refractivity contribution is 6.31. The molecule has 1 N–H and O–H groups in total. The van der Waals surface area contributed by atoms with Gasteiger partial charge in [0.1, 0.15) is 5.82 Å². The minimum Gasteiger partial charge on any atom is -0.324 e. The number of rotatable bonds is 3. The van der Waals surface area contributed by atoms with Gasteiger partial charge in [0.25, 0.3) is 0 Å². The molecule has 0 amide bonds. The SMILES string of the molecule is CNCc1nc2cc(Cl)ccc2n1C(C)C. The molecule has 0 aliphatic rings. The zero-order valence-corrected chi connectivity index (χ0v) is 10.5. The lowest BCUT2D eigenvalue weighted by Gasteiger charge is -2.12. The number of fused-ring (bicyclic) bond motifs is 1. The van der Waals surface area contributed by atoms with Gasteiger partial charge in [-0.05, 0) is 39.1 Å². The van der Waals surface area contributed by atoms with Gasteiger partial charge in [0, 0.05) is 11.1 Å². The molecule has 0 unspecified atom stereocenters. The molecule has 0 radical (unpaired) electrons. The molecule has 3 nitrogen and oxygen atoms in total. The second kappa shape index (κ2) is 4.44. The van der Waals surface area contributed by atoms with Crippen molar-refractivity contribution in [3.05, 3.63) is 29.0 Å². The summed E-state index contributed by atoms with van der Waals surface area (Å²) in [5, 5.41) is 3.87. The molecule has 1 aromatic carbocycles. The van der Waals surface area contributed by atoms with Crippen LogP contribution in [0.15, 0.2) is 18.2 Å². The van der Waals surface area contributed by atoms with Crippen LogP contribution in [0, 0.1) is 0 Å². The first kappa shape index (κ1) is 11.4. The van der Waals surface area contributed by atoms with Gasteiger partial charge in [-0.2, -0.15) is 0 Å². The van der Waals surface area contributed by atoms with E-state index in [1.54, 1.807) is 0 Å². The van der Waals surface area contributed by atoms with E-state index in [0.29, 0.717) is 6.04 Å². The molecule has 16 heavy (non-hydrogen) atoms. The van der Waals surface area contributed by atoms with Crippen LogP contribution in [-0.2, 0) is 6.54 Å². The van der Waals surface area contributed by atoms with Crippen LogP contribution < -0.4 is 5.32 Å². The van der Waals surface area contributed by atoms with E-state index in [1.807, 2.05) is 25.2 Å². The maximum atomic E-state index is 5.97. The highest BCUT2D eigenvalue weighted by atomic mass is 35.5. The standard InChI is InChI=1S/C12H16ClN3/c1-8(2)16-11-5-4-9(13)6-10(11)15-12(16)7-14-3/h4-6,8,14H,7H2,1-3H3. The van der Waals surface area contributed by atoms with Crippen LogP contribution in [0.5, 0.6) is 0 Å². The van der Waals surface area contributed by atoms with Crippen LogP contribution in [0.4, 0.5) is 0 Å². The van der Waals surface area contributed by atoms with E-state index in [9.17, 15) is 0 Å². The largest absolute Gasteiger partial charge is 0.324 e. The summed E-state index contributed by atoms with van der Waals surface area (Å²) in [6.07, 6.45) is 0. The molecule has 1 heterocycles. The topological polar surface area (TPSA) is 29.9 Å². The lowest BCUT2D eigenvalue weighted by atomic mass is 10.3. The van der Waals surface area contributed by atoms with Gasteiger partial charge in [-0.25, -0.2) is 4.98 Å². The van der Waals surface area contributed by atoms with Crippen molar-refractivity contribution in [2.24, 2.45) is 0 Å². The molecule has 0 aliphatic carbocycles. The lowest BCUT2D eigenvalue weighted by molar-refractivity contribution is 0.570. The molecule has 2 aromatic rings. The highest BCUT2D eigenvalue weighted by Gasteiger charge is 2.12. The Bertz CT molecular complexity index is 502. The number of halogens is 1. The van der Waals surface area contributed by atoms with Crippen LogP contribution >= 0.6 is 11.6 Å². The van der Waals surface area contributed by atoms with Gasteiger partial charge in [-0.3, -0.25) is 0 Å². The maximum absolute atomic E-state index is 5.97. The molecule has 86 valence electrons. The lowest BCUT2D eigenvalue weighted by Crippen LogP contribution is -2.13. The number of imidazole rings is 1. The molecular formula is C12H16ClN3. The number of benzene rings is 1. The summed E-state index contributed by atoms with van der Waals surface area (Å²) in [4.78, 5) is 4.60. The smallest absolute Gasteiger partial charge is 0.124 e. The van der Waals surface area contributed by atoms with Gasteiger partial charge in [-0.15, -0.1) is 0 Å². The van der Waals surface area contributed by atoms with E-state index >= 15 is 0 Å². The van der Waals surface area contributed by atoms with E-state index in [0.717, 1.165) is 28.4 Å². The fourth-order valence-electron chi connectivity index (χ4n) is 1.98. The third-order valence-corrected chi connectivity index (χ3v) is 2.81. The average molecular weight is 238 g/mol. The molecule has 0 atom stereocenters. The fraction of sp³-hybridized carbons (Fsp3) is 0.417. The van der Waals surface area contributed by atoms with Crippen molar-refractivity contribution >= 4 is 22.6 Å². The molecule has 0 saturated carbocycles. The normalized spacial score (nSPS) is 11.6. The van der Waals surface area contributed by atoms with Gasteiger partial charge in [-0.1, -0.05) is 11.6 Å². The summed E-state index contributed by atoms with van der Waals surface area (Å²) >= 11 is 5.97. The molecule has 0 bridgehead atoms. The maximum Gasteiger partial charge on any atom is 0.124 e. The fourth-order valence-corrected chi connectivity index (χ4v) is 2.15. The van der Waals surface area contributed by atoms with Crippen LogP contribution in [0.3, 0.4) is 0 Å². The average Bonchev–Trinajstić information content (AvgIpc) is 2.55. The Morgan fingerprint density at radius 3 is 2.81 bits per heavy atom. The summed E-state index contributed by atoms with van der Waals surface area (Å²) in [6, 6.07) is 6.25. The Kier molecular flexibility index (Phi) is 3.17. The Morgan fingerprint density at radius 1 is 1.44 bits per heavy atom. The summed E-state index contributed by atoms with van der Waals surface area (Å²) in [5.74, 6) is 1.05. The third-order valence-electron chi connectivity index (χ3n) is 2.58. The number of hydrogen-bond donors (Lipinski definition) is 1. The van der Waals surface area contributed by atoms with Crippen LogP contribution in [0.1, 0.15) is 25.7 Å². The first-order valence-corrected chi connectivity index (χ1v) is 5.82. The van der Waals surface area contributed by atoms with Gasteiger partial charge in [0.2, 0.25) is 0 Å². The van der Waals surface area contributed by atoms with Crippen molar-refractivity contribution in [2.75, 3.05) is 7.05 Å². The molecule has 0 spiro atoms. The monoisotopic (exact) mass is 237 g/mol. The molecule has 1 aromatic heterocycles. The number of aromatic nitrogens is 2. The highest BCUT2D eigenvalue weighted by Crippen LogP contribution is 2.23. The van der Waals surface area contributed by atoms with Crippen molar-refractivity contribution in [2.45, 2.75) is 26.4 Å². The summed E-state index contributed by atoms with van der Waals surface area (Å²) in [6.45, 7) is 5.09. The van der Waals surface area contributed by atoms with Crippen molar-refractivity contribution in [1.29, 1.82) is 0 Å². The van der Waals surface area contributed by atoms with Crippen molar-refractivity contribution in [1.82, 2.24) is 14.9 Å². The van der Waals surface area contributed by atoms with Crippen LogP contribution in [0.25, 0.3) is 11.0 Å². The summed E-state index contributed by atoms with van der Waals surface area (Å²) < 4.78 is 2.24.